The van der Waals surface area contributed by atoms with Crippen molar-refractivity contribution in [3.8, 4) is 0 Å². The monoisotopic (exact) mass is 243 g/mol. The van der Waals surface area contributed by atoms with Gasteiger partial charge in [-0.15, -0.1) is 0 Å². The van der Waals surface area contributed by atoms with Crippen LogP contribution in [0.4, 0.5) is 0 Å². The fraction of sp³-hybridized carbons (Fsp3) is 0.467. The average molecular weight is 243 g/mol. The van der Waals surface area contributed by atoms with Gasteiger partial charge in [-0.25, -0.2) is 0 Å². The van der Waals surface area contributed by atoms with Crippen molar-refractivity contribution < 1.29 is 9.59 Å². The molecule has 2 aliphatic rings. The second kappa shape index (κ2) is 4.56. The fourth-order valence-electron chi connectivity index (χ4n) is 2.88. The standard InChI is InChI=1S/C15H17NO2/c17-14(10-16-8-2-5-15(16)18)13-7-6-11-3-1-4-12(11)9-13/h6-7,9H,1-5,8,10H2. The van der Waals surface area contributed by atoms with Crippen LogP contribution in [0.3, 0.4) is 0 Å². The van der Waals surface area contributed by atoms with Crippen molar-refractivity contribution in [3.63, 3.8) is 0 Å². The molecule has 0 aromatic heterocycles. The Labute approximate surface area is 107 Å². The lowest BCUT2D eigenvalue weighted by atomic mass is 10.0. The van der Waals surface area contributed by atoms with Gasteiger partial charge in [-0.3, -0.25) is 9.59 Å². The van der Waals surface area contributed by atoms with Gasteiger partial charge in [-0.05, 0) is 42.9 Å². The van der Waals surface area contributed by atoms with E-state index in [2.05, 4.69) is 6.07 Å². The summed E-state index contributed by atoms with van der Waals surface area (Å²) in [5, 5.41) is 0. The number of Topliss-reactive ketones (excluding diaryl/α,β-unsaturated/α-hetero) is 1. The second-order valence-electron chi connectivity index (χ2n) is 5.18. The lowest BCUT2D eigenvalue weighted by Crippen LogP contribution is -2.30. The molecule has 1 fully saturated rings. The summed E-state index contributed by atoms with van der Waals surface area (Å²) in [5.41, 5.74) is 3.45. The van der Waals surface area contributed by atoms with Crippen LogP contribution >= 0.6 is 0 Å². The number of hydrogen-bond acceptors (Lipinski definition) is 2. The summed E-state index contributed by atoms with van der Waals surface area (Å²) in [6.45, 7) is 0.979. The van der Waals surface area contributed by atoms with Crippen LogP contribution in [0.1, 0.15) is 40.7 Å². The molecule has 0 saturated carbocycles. The normalized spacial score (nSPS) is 18.2. The first kappa shape index (κ1) is 11.5. The Bertz CT molecular complexity index is 507. The third kappa shape index (κ3) is 2.05. The number of carbonyl (C=O) groups excluding carboxylic acids is 2. The quantitative estimate of drug-likeness (QED) is 0.761. The first-order chi connectivity index (χ1) is 8.74. The molecule has 1 aliphatic carbocycles. The maximum Gasteiger partial charge on any atom is 0.223 e. The van der Waals surface area contributed by atoms with Gasteiger partial charge in [-0.2, -0.15) is 0 Å². The third-order valence-electron chi connectivity index (χ3n) is 3.93. The summed E-state index contributed by atoms with van der Waals surface area (Å²) in [6, 6.07) is 6.00. The highest BCUT2D eigenvalue weighted by Crippen LogP contribution is 2.23. The van der Waals surface area contributed by atoms with Crippen molar-refractivity contribution in [2.45, 2.75) is 32.1 Å². The lowest BCUT2D eigenvalue weighted by molar-refractivity contribution is -0.127. The molecule has 0 unspecified atom stereocenters. The van der Waals surface area contributed by atoms with Gasteiger partial charge >= 0.3 is 0 Å². The van der Waals surface area contributed by atoms with Crippen molar-refractivity contribution >= 4 is 11.7 Å². The molecule has 0 radical (unpaired) electrons. The Morgan fingerprint density at radius 2 is 1.94 bits per heavy atom. The number of carbonyl (C=O) groups is 2. The number of rotatable bonds is 3. The molecule has 1 saturated heterocycles. The summed E-state index contributed by atoms with van der Waals surface area (Å²) < 4.78 is 0. The van der Waals surface area contributed by atoms with Gasteiger partial charge in [0.2, 0.25) is 5.91 Å². The summed E-state index contributed by atoms with van der Waals surface area (Å²) in [5.74, 6) is 0.185. The van der Waals surface area contributed by atoms with E-state index in [4.69, 9.17) is 0 Å². The number of fused-ring (bicyclic) bond motifs is 1. The fourth-order valence-corrected chi connectivity index (χ4v) is 2.88. The van der Waals surface area contributed by atoms with Crippen LogP contribution in [0.2, 0.25) is 0 Å². The lowest BCUT2D eigenvalue weighted by Gasteiger charge is -2.14. The van der Waals surface area contributed by atoms with Crippen molar-refractivity contribution in [2.24, 2.45) is 0 Å². The van der Waals surface area contributed by atoms with E-state index in [1.54, 1.807) is 4.90 Å². The molecular weight excluding hydrogens is 226 g/mol. The number of benzene rings is 1. The highest BCUT2D eigenvalue weighted by Gasteiger charge is 2.23. The number of ketones is 1. The Morgan fingerprint density at radius 1 is 1.11 bits per heavy atom. The van der Waals surface area contributed by atoms with Gasteiger partial charge in [0.05, 0.1) is 6.54 Å². The van der Waals surface area contributed by atoms with E-state index in [0.717, 1.165) is 31.4 Å². The average Bonchev–Trinajstić information content (AvgIpc) is 2.98. The van der Waals surface area contributed by atoms with Crippen molar-refractivity contribution in [1.29, 1.82) is 0 Å². The van der Waals surface area contributed by atoms with E-state index in [0.29, 0.717) is 6.42 Å². The number of nitrogens with zero attached hydrogens (tertiary/aromatic N) is 1. The van der Waals surface area contributed by atoms with Crippen LogP contribution in [0.15, 0.2) is 18.2 Å². The molecule has 0 atom stereocenters. The molecule has 1 aromatic rings. The van der Waals surface area contributed by atoms with Crippen LogP contribution in [-0.4, -0.2) is 29.7 Å². The molecule has 0 bridgehead atoms. The van der Waals surface area contributed by atoms with Gasteiger partial charge in [0, 0.05) is 18.5 Å². The highest BCUT2D eigenvalue weighted by atomic mass is 16.2. The Hall–Kier alpha value is -1.64. The minimum absolute atomic E-state index is 0.0694. The Balaban J connectivity index is 1.74. The highest BCUT2D eigenvalue weighted by molar-refractivity contribution is 5.99. The summed E-state index contributed by atoms with van der Waals surface area (Å²) in [6.07, 6.45) is 4.89. The molecular formula is C15H17NO2. The van der Waals surface area contributed by atoms with E-state index < -0.39 is 0 Å². The van der Waals surface area contributed by atoms with E-state index >= 15 is 0 Å². The van der Waals surface area contributed by atoms with Crippen LogP contribution in [0, 0.1) is 0 Å². The predicted octanol–water partition coefficient (Wildman–Crippen LogP) is 1.98. The second-order valence-corrected chi connectivity index (χ2v) is 5.18. The van der Waals surface area contributed by atoms with Crippen molar-refractivity contribution in [2.75, 3.05) is 13.1 Å². The molecule has 1 aromatic carbocycles. The molecule has 0 spiro atoms. The van der Waals surface area contributed by atoms with Crippen LogP contribution in [0.25, 0.3) is 0 Å². The Kier molecular flexibility index (Phi) is 2.90. The SMILES string of the molecule is O=C(CN1CCCC1=O)c1ccc2c(c1)CCC2. The Morgan fingerprint density at radius 3 is 2.72 bits per heavy atom. The van der Waals surface area contributed by atoms with Crippen molar-refractivity contribution in [1.82, 2.24) is 4.90 Å². The molecule has 3 rings (SSSR count). The van der Waals surface area contributed by atoms with Gasteiger partial charge < -0.3 is 4.90 Å². The molecule has 0 N–H and O–H groups in total. The molecule has 18 heavy (non-hydrogen) atoms. The van der Waals surface area contributed by atoms with E-state index in [1.807, 2.05) is 12.1 Å². The van der Waals surface area contributed by atoms with Gasteiger partial charge in [0.1, 0.15) is 0 Å². The minimum atomic E-state index is 0.0694. The van der Waals surface area contributed by atoms with Gasteiger partial charge in [0.25, 0.3) is 0 Å². The molecule has 1 aliphatic heterocycles. The van der Waals surface area contributed by atoms with Crippen molar-refractivity contribution in [3.05, 3.63) is 34.9 Å². The summed E-state index contributed by atoms with van der Waals surface area (Å²) in [7, 11) is 0. The predicted molar refractivity (Wildman–Crippen MR) is 68.6 cm³/mol. The topological polar surface area (TPSA) is 37.4 Å². The van der Waals surface area contributed by atoms with Gasteiger partial charge in [-0.1, -0.05) is 12.1 Å². The molecule has 94 valence electrons. The zero-order valence-electron chi connectivity index (χ0n) is 10.4. The largest absolute Gasteiger partial charge is 0.335 e. The van der Waals surface area contributed by atoms with E-state index in [-0.39, 0.29) is 18.2 Å². The first-order valence-corrected chi connectivity index (χ1v) is 6.67. The molecule has 3 heteroatoms. The zero-order chi connectivity index (χ0) is 12.5. The molecule has 1 heterocycles. The maximum atomic E-state index is 12.2. The molecule has 1 amide bonds. The zero-order valence-corrected chi connectivity index (χ0v) is 10.4. The number of amides is 1. The van der Waals surface area contributed by atoms with Crippen LogP contribution < -0.4 is 0 Å². The van der Waals surface area contributed by atoms with E-state index in [9.17, 15) is 9.59 Å². The van der Waals surface area contributed by atoms with Crippen LogP contribution in [0.5, 0.6) is 0 Å². The van der Waals surface area contributed by atoms with Gasteiger partial charge in [0.15, 0.2) is 5.78 Å². The summed E-state index contributed by atoms with van der Waals surface area (Å²) >= 11 is 0. The summed E-state index contributed by atoms with van der Waals surface area (Å²) in [4.78, 5) is 25.3. The number of aryl methyl sites for hydroxylation is 2. The smallest absolute Gasteiger partial charge is 0.223 e. The van der Waals surface area contributed by atoms with Crippen LogP contribution in [-0.2, 0) is 17.6 Å². The maximum absolute atomic E-state index is 12.2. The number of likely N-dealkylation sites (tertiary alicyclic amines) is 1. The first-order valence-electron chi connectivity index (χ1n) is 6.67. The third-order valence-corrected chi connectivity index (χ3v) is 3.93. The minimum Gasteiger partial charge on any atom is -0.335 e. The van der Waals surface area contributed by atoms with E-state index in [1.165, 1.54) is 17.5 Å². The molecule has 3 nitrogen and oxygen atoms in total. The number of hydrogen-bond donors (Lipinski definition) is 0.